The van der Waals surface area contributed by atoms with Gasteiger partial charge >= 0.3 is 5.97 Å². The molecule has 5 heteroatoms. The molecule has 0 saturated carbocycles. The van der Waals surface area contributed by atoms with Gasteiger partial charge in [0.2, 0.25) is 0 Å². The molecule has 3 N–H and O–H groups in total. The molecule has 172 valence electrons. The molecule has 0 heterocycles. The molecule has 0 fully saturated rings. The molecule has 33 heavy (non-hydrogen) atoms. The van der Waals surface area contributed by atoms with E-state index in [4.69, 9.17) is 4.74 Å². The van der Waals surface area contributed by atoms with E-state index < -0.39 is 11.6 Å². The van der Waals surface area contributed by atoms with Crippen LogP contribution in [0.4, 0.5) is 0 Å². The topological polar surface area (TPSA) is 87.0 Å². The van der Waals surface area contributed by atoms with Crippen molar-refractivity contribution >= 4 is 17.1 Å². The first kappa shape index (κ1) is 23.9. The van der Waals surface area contributed by atoms with Crippen LogP contribution >= 0.6 is 0 Å². The van der Waals surface area contributed by atoms with Crippen LogP contribution in [0, 0.1) is 0 Å². The van der Waals surface area contributed by atoms with Gasteiger partial charge in [-0.3, -0.25) is 0 Å². The number of phenols is 2. The fourth-order valence-electron chi connectivity index (χ4n) is 3.60. The molecule has 0 spiro atoms. The largest absolute Gasteiger partial charge is 0.508 e. The molecule has 0 atom stereocenters. The highest BCUT2D eigenvalue weighted by atomic mass is 16.5. The summed E-state index contributed by atoms with van der Waals surface area (Å²) in [5.74, 6) is -0.156. The number of benzene rings is 3. The van der Waals surface area contributed by atoms with Crippen LogP contribution < -0.4 is 4.74 Å². The molecule has 0 aliphatic rings. The van der Waals surface area contributed by atoms with Gasteiger partial charge in [-0.2, -0.15) is 0 Å². The van der Waals surface area contributed by atoms with E-state index in [0.29, 0.717) is 5.75 Å². The molecule has 0 bridgehead atoms. The first-order valence-electron chi connectivity index (χ1n) is 11.1. The number of allylic oxidation sites excluding steroid dienone is 1. The molecule has 3 aromatic rings. The number of ether oxygens (including phenoxy) is 1. The lowest BCUT2D eigenvalue weighted by molar-refractivity contribution is -0.152. The van der Waals surface area contributed by atoms with Crippen molar-refractivity contribution in [3.63, 3.8) is 0 Å². The second-order valence-electron chi connectivity index (χ2n) is 8.49. The zero-order chi connectivity index (χ0) is 24.0. The van der Waals surface area contributed by atoms with Gasteiger partial charge in [-0.1, -0.05) is 49.7 Å². The van der Waals surface area contributed by atoms with E-state index in [1.54, 1.807) is 36.4 Å². The molecule has 3 aromatic carbocycles. The zero-order valence-corrected chi connectivity index (χ0v) is 19.2. The molecule has 3 rings (SSSR count). The maximum atomic E-state index is 11.4. The number of hydrogen-bond acceptors (Lipinski definition) is 4. The smallest absolute Gasteiger partial charge is 0.347 e. The first-order valence-corrected chi connectivity index (χ1v) is 11.1. The molecule has 0 unspecified atom stereocenters. The van der Waals surface area contributed by atoms with Crippen molar-refractivity contribution in [2.45, 2.75) is 45.6 Å². The summed E-state index contributed by atoms with van der Waals surface area (Å²) in [6, 6.07) is 21.7. The number of rotatable bonds is 9. The highest BCUT2D eigenvalue weighted by molar-refractivity contribution is 5.98. The van der Waals surface area contributed by atoms with Crippen LogP contribution in [0.25, 0.3) is 11.1 Å². The molecular formula is C28H30O5. The van der Waals surface area contributed by atoms with Crippen LogP contribution in [0.5, 0.6) is 17.2 Å². The Morgan fingerprint density at radius 1 is 0.788 bits per heavy atom. The third-order valence-corrected chi connectivity index (χ3v) is 5.48. The van der Waals surface area contributed by atoms with Gasteiger partial charge < -0.3 is 20.1 Å². The number of carboxylic acids is 1. The Morgan fingerprint density at radius 3 is 1.67 bits per heavy atom. The van der Waals surface area contributed by atoms with E-state index in [-0.39, 0.29) is 11.5 Å². The van der Waals surface area contributed by atoms with E-state index in [1.165, 1.54) is 13.8 Å². The number of aromatic hydroxyl groups is 2. The van der Waals surface area contributed by atoms with Gasteiger partial charge in [0.25, 0.3) is 0 Å². The van der Waals surface area contributed by atoms with Crippen molar-refractivity contribution in [2.24, 2.45) is 0 Å². The van der Waals surface area contributed by atoms with E-state index in [9.17, 15) is 20.1 Å². The normalized spacial score (nSPS) is 11.1. The van der Waals surface area contributed by atoms with Gasteiger partial charge in [0, 0.05) is 0 Å². The number of aliphatic carboxylic acids is 1. The van der Waals surface area contributed by atoms with Gasteiger partial charge in [0.1, 0.15) is 17.2 Å². The van der Waals surface area contributed by atoms with Crippen molar-refractivity contribution in [3.05, 3.63) is 89.5 Å². The van der Waals surface area contributed by atoms with Crippen LogP contribution in [0.15, 0.2) is 72.8 Å². The predicted molar refractivity (Wildman–Crippen MR) is 130 cm³/mol. The molecule has 5 nitrogen and oxygen atoms in total. The fraction of sp³-hybridized carbons (Fsp3) is 0.250. The minimum absolute atomic E-state index is 0.196. The van der Waals surface area contributed by atoms with Crippen LogP contribution in [0.3, 0.4) is 0 Å². The minimum atomic E-state index is -1.33. The van der Waals surface area contributed by atoms with Crippen LogP contribution in [-0.2, 0) is 4.79 Å². The Kier molecular flexibility index (Phi) is 7.44. The minimum Gasteiger partial charge on any atom is -0.508 e. The van der Waals surface area contributed by atoms with Crippen molar-refractivity contribution in [1.29, 1.82) is 0 Å². The molecule has 0 amide bonds. The maximum Gasteiger partial charge on any atom is 0.347 e. The summed E-state index contributed by atoms with van der Waals surface area (Å²) >= 11 is 0. The number of hydrogen-bond donors (Lipinski definition) is 3. The van der Waals surface area contributed by atoms with E-state index >= 15 is 0 Å². The lowest BCUT2D eigenvalue weighted by Gasteiger charge is -2.22. The summed E-state index contributed by atoms with van der Waals surface area (Å²) < 4.78 is 5.66. The average Bonchev–Trinajstić information content (AvgIpc) is 2.79. The summed E-state index contributed by atoms with van der Waals surface area (Å²) in [5, 5.41) is 28.9. The van der Waals surface area contributed by atoms with Crippen LogP contribution in [-0.4, -0.2) is 26.9 Å². The number of unbranched alkanes of at least 4 members (excludes halogenated alkanes) is 1. The van der Waals surface area contributed by atoms with Crippen molar-refractivity contribution in [3.8, 4) is 17.2 Å². The molecule has 0 radical (unpaired) electrons. The van der Waals surface area contributed by atoms with Gasteiger partial charge in [-0.25, -0.2) is 4.79 Å². The lowest BCUT2D eigenvalue weighted by Crippen LogP contribution is -2.37. The predicted octanol–water partition coefficient (Wildman–Crippen LogP) is 6.49. The molecule has 0 aliphatic heterocycles. The van der Waals surface area contributed by atoms with Gasteiger partial charge in [0.05, 0.1) is 0 Å². The Balaban J connectivity index is 2.14. The second-order valence-corrected chi connectivity index (χ2v) is 8.49. The molecule has 0 aliphatic carbocycles. The number of phenolic OH excluding ortho intramolecular Hbond substituents is 2. The first-order chi connectivity index (χ1) is 15.7. The fourth-order valence-corrected chi connectivity index (χ4v) is 3.60. The van der Waals surface area contributed by atoms with Crippen molar-refractivity contribution in [1.82, 2.24) is 0 Å². The third-order valence-electron chi connectivity index (χ3n) is 5.48. The SMILES string of the molecule is CCCCC(=C(c1ccc(O)cc1)c1ccc(O)cc1)c1ccc(OC(C)(C)C(=O)O)cc1. The van der Waals surface area contributed by atoms with E-state index in [1.807, 2.05) is 36.4 Å². The second kappa shape index (κ2) is 10.3. The third kappa shape index (κ3) is 5.95. The van der Waals surface area contributed by atoms with Crippen LogP contribution in [0.2, 0.25) is 0 Å². The highest BCUT2D eigenvalue weighted by Crippen LogP contribution is 2.37. The summed E-state index contributed by atoms with van der Waals surface area (Å²) in [5.41, 5.74) is 3.72. The van der Waals surface area contributed by atoms with E-state index in [0.717, 1.165) is 47.1 Å². The quantitative estimate of drug-likeness (QED) is 0.327. The summed E-state index contributed by atoms with van der Waals surface area (Å²) in [7, 11) is 0. The van der Waals surface area contributed by atoms with Gasteiger partial charge in [0.15, 0.2) is 5.60 Å². The average molecular weight is 447 g/mol. The lowest BCUT2D eigenvalue weighted by atomic mass is 9.87. The Hall–Kier alpha value is -3.73. The maximum absolute atomic E-state index is 11.4. The van der Waals surface area contributed by atoms with Crippen LogP contribution in [0.1, 0.15) is 56.7 Å². The van der Waals surface area contributed by atoms with Crippen molar-refractivity contribution in [2.75, 3.05) is 0 Å². The zero-order valence-electron chi connectivity index (χ0n) is 19.2. The summed E-state index contributed by atoms with van der Waals surface area (Å²) in [6.07, 6.45) is 2.84. The standard InChI is InChI=1S/C28H30O5/c1-4-5-6-25(19-11-17-24(18-12-19)33-28(2,3)27(31)32)26(20-7-13-22(29)14-8-20)21-9-15-23(30)16-10-21/h7-18,29-30H,4-6H2,1-3H3,(H,31,32). The van der Waals surface area contributed by atoms with Gasteiger partial charge in [-0.15, -0.1) is 0 Å². The monoisotopic (exact) mass is 446 g/mol. The summed E-state index contributed by atoms with van der Waals surface area (Å²) in [6.45, 7) is 5.18. The Labute approximate surface area is 194 Å². The molecule has 0 aromatic heterocycles. The highest BCUT2D eigenvalue weighted by Gasteiger charge is 2.29. The molecular weight excluding hydrogens is 416 g/mol. The van der Waals surface area contributed by atoms with E-state index in [2.05, 4.69) is 6.92 Å². The summed E-state index contributed by atoms with van der Waals surface area (Å²) in [4.78, 5) is 11.4. The van der Waals surface area contributed by atoms with Crippen molar-refractivity contribution < 1.29 is 24.9 Å². The van der Waals surface area contributed by atoms with Gasteiger partial charge in [-0.05, 0) is 90.9 Å². The number of carboxylic acid groups (broad SMARTS) is 1. The number of carbonyl (C=O) groups is 1. The Morgan fingerprint density at radius 2 is 1.24 bits per heavy atom. The molecule has 0 saturated heterocycles. The Bertz CT molecular complexity index is 1060.